The van der Waals surface area contributed by atoms with Crippen LogP contribution in [0.4, 0.5) is 0 Å². The largest absolute Gasteiger partial charge is 0.387 e. The number of benzene rings is 1. The van der Waals surface area contributed by atoms with Gasteiger partial charge in [-0.05, 0) is 5.56 Å². The van der Waals surface area contributed by atoms with Crippen molar-refractivity contribution in [3.63, 3.8) is 0 Å². The summed E-state index contributed by atoms with van der Waals surface area (Å²) in [6.07, 6.45) is 5.03. The quantitative estimate of drug-likeness (QED) is 0.735. The summed E-state index contributed by atoms with van der Waals surface area (Å²) in [6.45, 7) is 2.25. The monoisotopic (exact) mass is 231 g/mol. The third-order valence-electron chi connectivity index (χ3n) is 2.63. The van der Waals surface area contributed by atoms with E-state index in [9.17, 15) is 5.11 Å². The molecule has 2 N–H and O–H groups in total. The van der Waals surface area contributed by atoms with Crippen LogP contribution in [-0.2, 0) is 6.54 Å². The van der Waals surface area contributed by atoms with Crippen LogP contribution in [0.3, 0.4) is 0 Å². The SMILES string of the molecule is OC(CNCCn1ccnc1)c1ccccc1. The maximum Gasteiger partial charge on any atom is 0.0946 e. The van der Waals surface area contributed by atoms with Gasteiger partial charge in [0.2, 0.25) is 0 Å². The molecule has 1 atom stereocenters. The van der Waals surface area contributed by atoms with Gasteiger partial charge in [0.05, 0.1) is 12.4 Å². The topological polar surface area (TPSA) is 50.1 Å². The van der Waals surface area contributed by atoms with E-state index < -0.39 is 6.10 Å². The van der Waals surface area contributed by atoms with Gasteiger partial charge in [-0.2, -0.15) is 0 Å². The lowest BCUT2D eigenvalue weighted by atomic mass is 10.1. The van der Waals surface area contributed by atoms with E-state index in [2.05, 4.69) is 10.3 Å². The van der Waals surface area contributed by atoms with E-state index in [0.717, 1.165) is 18.7 Å². The molecule has 0 bridgehead atoms. The maximum atomic E-state index is 9.90. The number of rotatable bonds is 6. The van der Waals surface area contributed by atoms with Gasteiger partial charge in [-0.3, -0.25) is 0 Å². The first-order chi connectivity index (χ1) is 8.36. The number of aliphatic hydroxyl groups is 1. The second-order valence-electron chi connectivity index (χ2n) is 3.93. The lowest BCUT2D eigenvalue weighted by Gasteiger charge is -2.12. The summed E-state index contributed by atoms with van der Waals surface area (Å²) in [5.41, 5.74) is 0.947. The molecule has 2 rings (SSSR count). The third-order valence-corrected chi connectivity index (χ3v) is 2.63. The number of nitrogens with one attached hydrogen (secondary N) is 1. The van der Waals surface area contributed by atoms with Gasteiger partial charge in [-0.25, -0.2) is 4.98 Å². The first kappa shape index (κ1) is 11.8. The Kier molecular flexibility index (Phi) is 4.30. The number of hydrogen-bond acceptors (Lipinski definition) is 3. The van der Waals surface area contributed by atoms with Crippen molar-refractivity contribution in [2.24, 2.45) is 0 Å². The number of hydrogen-bond donors (Lipinski definition) is 2. The zero-order valence-corrected chi connectivity index (χ0v) is 9.66. The lowest BCUT2D eigenvalue weighted by molar-refractivity contribution is 0.174. The minimum absolute atomic E-state index is 0.445. The Morgan fingerprint density at radius 3 is 2.82 bits per heavy atom. The second kappa shape index (κ2) is 6.18. The summed E-state index contributed by atoms with van der Waals surface area (Å²) < 4.78 is 2.00. The Labute approximate surface area is 101 Å². The van der Waals surface area contributed by atoms with Gasteiger partial charge in [0.1, 0.15) is 0 Å². The normalized spacial score (nSPS) is 12.5. The summed E-state index contributed by atoms with van der Waals surface area (Å²) in [6, 6.07) is 9.68. The predicted molar refractivity (Wildman–Crippen MR) is 66.5 cm³/mol. The first-order valence-corrected chi connectivity index (χ1v) is 5.76. The number of imidazole rings is 1. The molecule has 0 radical (unpaired) electrons. The first-order valence-electron chi connectivity index (χ1n) is 5.76. The summed E-state index contributed by atoms with van der Waals surface area (Å²) in [4.78, 5) is 3.97. The molecule has 0 fully saturated rings. The van der Waals surface area contributed by atoms with E-state index in [1.165, 1.54) is 0 Å². The van der Waals surface area contributed by atoms with Crippen molar-refractivity contribution in [3.05, 3.63) is 54.6 Å². The van der Waals surface area contributed by atoms with Gasteiger partial charge in [-0.15, -0.1) is 0 Å². The Morgan fingerprint density at radius 2 is 2.12 bits per heavy atom. The van der Waals surface area contributed by atoms with Crippen LogP contribution in [0.25, 0.3) is 0 Å². The summed E-state index contributed by atoms with van der Waals surface area (Å²) in [7, 11) is 0. The van der Waals surface area contributed by atoms with Gasteiger partial charge < -0.3 is 15.0 Å². The molecule has 0 amide bonds. The summed E-state index contributed by atoms with van der Waals surface area (Å²) in [5, 5.41) is 13.1. The van der Waals surface area contributed by atoms with Crippen molar-refractivity contribution in [2.45, 2.75) is 12.6 Å². The molecular weight excluding hydrogens is 214 g/mol. The van der Waals surface area contributed by atoms with E-state index >= 15 is 0 Å². The fourth-order valence-electron chi connectivity index (χ4n) is 1.66. The Balaban J connectivity index is 1.68. The highest BCUT2D eigenvalue weighted by atomic mass is 16.3. The molecule has 0 aliphatic heterocycles. The summed E-state index contributed by atoms with van der Waals surface area (Å²) in [5.74, 6) is 0. The van der Waals surface area contributed by atoms with Crippen LogP contribution in [0.5, 0.6) is 0 Å². The van der Waals surface area contributed by atoms with Crippen molar-refractivity contribution < 1.29 is 5.11 Å². The highest BCUT2D eigenvalue weighted by molar-refractivity contribution is 5.17. The van der Waals surface area contributed by atoms with Crippen molar-refractivity contribution in [1.82, 2.24) is 14.9 Å². The molecule has 90 valence electrons. The predicted octanol–water partition coefficient (Wildman–Crippen LogP) is 1.21. The van der Waals surface area contributed by atoms with Gasteiger partial charge in [0, 0.05) is 32.0 Å². The van der Waals surface area contributed by atoms with E-state index in [0.29, 0.717) is 6.54 Å². The van der Waals surface area contributed by atoms with E-state index in [1.54, 1.807) is 12.5 Å². The van der Waals surface area contributed by atoms with E-state index in [-0.39, 0.29) is 0 Å². The molecule has 4 heteroatoms. The molecule has 2 aromatic rings. The molecular formula is C13H17N3O. The molecule has 0 saturated carbocycles. The van der Waals surface area contributed by atoms with Gasteiger partial charge in [0.25, 0.3) is 0 Å². The minimum atomic E-state index is -0.445. The molecule has 17 heavy (non-hydrogen) atoms. The van der Waals surface area contributed by atoms with Crippen molar-refractivity contribution >= 4 is 0 Å². The standard InChI is InChI=1S/C13H17N3O/c17-13(12-4-2-1-3-5-12)10-14-6-8-16-9-7-15-11-16/h1-5,7,9,11,13-14,17H,6,8,10H2. The Bertz CT molecular complexity index is 413. The van der Waals surface area contributed by atoms with Crippen molar-refractivity contribution in [1.29, 1.82) is 0 Å². The number of aromatic nitrogens is 2. The van der Waals surface area contributed by atoms with Gasteiger partial charge in [-0.1, -0.05) is 30.3 Å². The lowest BCUT2D eigenvalue weighted by Crippen LogP contribution is -2.25. The zero-order chi connectivity index (χ0) is 11.9. The molecule has 4 nitrogen and oxygen atoms in total. The van der Waals surface area contributed by atoms with E-state index in [1.807, 2.05) is 41.1 Å². The maximum absolute atomic E-state index is 9.90. The van der Waals surface area contributed by atoms with Crippen LogP contribution in [0.2, 0.25) is 0 Å². The van der Waals surface area contributed by atoms with Crippen LogP contribution in [-0.4, -0.2) is 27.7 Å². The second-order valence-corrected chi connectivity index (χ2v) is 3.93. The molecule has 1 heterocycles. The fraction of sp³-hybridized carbons (Fsp3) is 0.308. The molecule has 0 saturated heterocycles. The number of nitrogens with zero attached hydrogens (tertiary/aromatic N) is 2. The van der Waals surface area contributed by atoms with Crippen LogP contribution >= 0.6 is 0 Å². The Hall–Kier alpha value is -1.65. The Morgan fingerprint density at radius 1 is 1.29 bits per heavy atom. The van der Waals surface area contributed by atoms with Gasteiger partial charge >= 0.3 is 0 Å². The highest BCUT2D eigenvalue weighted by Crippen LogP contribution is 2.10. The smallest absolute Gasteiger partial charge is 0.0946 e. The molecule has 1 unspecified atom stereocenters. The molecule has 0 aliphatic carbocycles. The van der Waals surface area contributed by atoms with Gasteiger partial charge in [0.15, 0.2) is 0 Å². The molecule has 1 aromatic carbocycles. The van der Waals surface area contributed by atoms with Crippen molar-refractivity contribution in [2.75, 3.05) is 13.1 Å². The van der Waals surface area contributed by atoms with Crippen LogP contribution in [0, 0.1) is 0 Å². The molecule has 0 aliphatic rings. The number of aliphatic hydroxyl groups excluding tert-OH is 1. The zero-order valence-electron chi connectivity index (χ0n) is 9.66. The molecule has 0 spiro atoms. The molecule has 1 aromatic heterocycles. The fourth-order valence-corrected chi connectivity index (χ4v) is 1.66. The van der Waals surface area contributed by atoms with E-state index in [4.69, 9.17) is 0 Å². The summed E-state index contributed by atoms with van der Waals surface area (Å²) >= 11 is 0. The third kappa shape index (κ3) is 3.69. The van der Waals surface area contributed by atoms with Crippen LogP contribution in [0.15, 0.2) is 49.1 Å². The average molecular weight is 231 g/mol. The highest BCUT2D eigenvalue weighted by Gasteiger charge is 2.05. The average Bonchev–Trinajstić information content (AvgIpc) is 2.88. The van der Waals surface area contributed by atoms with Crippen molar-refractivity contribution in [3.8, 4) is 0 Å². The van der Waals surface area contributed by atoms with Crippen LogP contribution < -0.4 is 5.32 Å². The minimum Gasteiger partial charge on any atom is -0.387 e. The van der Waals surface area contributed by atoms with Crippen LogP contribution in [0.1, 0.15) is 11.7 Å².